The predicted octanol–water partition coefficient (Wildman–Crippen LogP) is 6.66. The van der Waals surface area contributed by atoms with Gasteiger partial charge in [-0.1, -0.05) is 114 Å². The van der Waals surface area contributed by atoms with Crippen LogP contribution < -0.4 is 4.74 Å². The van der Waals surface area contributed by atoms with Crippen LogP contribution in [0.3, 0.4) is 0 Å². The first-order chi connectivity index (χ1) is 21.2. The lowest BCUT2D eigenvalue weighted by atomic mass is 9.96. The number of aliphatic hydroxyl groups is 1. The van der Waals surface area contributed by atoms with Gasteiger partial charge in [0.25, 0.3) is 0 Å². The molecular formula is C37H37N3O3. The van der Waals surface area contributed by atoms with Gasteiger partial charge in [0.05, 0.1) is 6.04 Å². The van der Waals surface area contributed by atoms with Gasteiger partial charge < -0.3 is 14.4 Å². The summed E-state index contributed by atoms with van der Waals surface area (Å²) >= 11 is 0. The number of benzene rings is 4. The molecule has 218 valence electrons. The number of hydrogen-bond acceptors (Lipinski definition) is 6. The van der Waals surface area contributed by atoms with Crippen LogP contribution in [0.4, 0.5) is 0 Å². The Morgan fingerprint density at radius 3 is 2.02 bits per heavy atom. The van der Waals surface area contributed by atoms with Crippen molar-refractivity contribution in [2.45, 2.75) is 12.1 Å². The maximum absolute atomic E-state index is 10.9. The van der Waals surface area contributed by atoms with Gasteiger partial charge in [-0.3, -0.25) is 9.80 Å². The molecule has 6 heteroatoms. The van der Waals surface area contributed by atoms with E-state index in [0.29, 0.717) is 12.3 Å². The Morgan fingerprint density at radius 1 is 0.744 bits per heavy atom. The van der Waals surface area contributed by atoms with Gasteiger partial charge in [-0.15, -0.1) is 0 Å². The van der Waals surface area contributed by atoms with Gasteiger partial charge in [-0.2, -0.15) is 0 Å². The van der Waals surface area contributed by atoms with Crippen molar-refractivity contribution in [1.29, 1.82) is 0 Å². The van der Waals surface area contributed by atoms with Crippen molar-refractivity contribution >= 4 is 12.2 Å². The standard InChI is InChI=1S/C37H37N3O3/c41-33(27-39-22-24-40(25-23-39)37(31-15-6-2-7-16-31)32-17-8-3-9-18-32)28-42-36-19-11-10-14-30(36)20-21-34-26-35(38-43-34)29-12-4-1-5-13-29/h1-21,26,33,37,41H,22-25,27-28H2/b21-20+. The number of nitrogens with zero attached hydrogens (tertiary/aromatic N) is 3. The molecule has 5 aromatic rings. The minimum absolute atomic E-state index is 0.224. The van der Waals surface area contributed by atoms with E-state index < -0.39 is 6.10 Å². The smallest absolute Gasteiger partial charge is 0.160 e. The number of para-hydroxylation sites is 1. The molecule has 2 heterocycles. The molecule has 1 aliphatic rings. The highest BCUT2D eigenvalue weighted by molar-refractivity contribution is 5.72. The molecular weight excluding hydrogens is 534 g/mol. The lowest BCUT2D eigenvalue weighted by Gasteiger charge is -2.40. The maximum Gasteiger partial charge on any atom is 0.160 e. The normalized spacial score (nSPS) is 15.2. The van der Waals surface area contributed by atoms with Gasteiger partial charge in [0.15, 0.2) is 5.76 Å². The first kappa shape index (κ1) is 28.6. The zero-order valence-electron chi connectivity index (χ0n) is 24.2. The Bertz CT molecular complexity index is 1540. The molecule has 0 spiro atoms. The first-order valence-electron chi connectivity index (χ1n) is 14.9. The molecule has 1 unspecified atom stereocenters. The average molecular weight is 572 g/mol. The number of piperazine rings is 1. The summed E-state index contributed by atoms with van der Waals surface area (Å²) in [5, 5.41) is 15.1. The Hall–Kier alpha value is -4.49. The van der Waals surface area contributed by atoms with Crippen molar-refractivity contribution in [1.82, 2.24) is 15.0 Å². The Balaban J connectivity index is 1.02. The molecule has 1 aliphatic heterocycles. The number of rotatable bonds is 11. The van der Waals surface area contributed by atoms with Crippen LogP contribution in [0.5, 0.6) is 5.75 Å². The third-order valence-corrected chi connectivity index (χ3v) is 7.85. The molecule has 0 bridgehead atoms. The third kappa shape index (κ3) is 7.48. The van der Waals surface area contributed by atoms with Gasteiger partial charge in [-0.05, 0) is 29.3 Å². The van der Waals surface area contributed by atoms with E-state index in [2.05, 4.69) is 75.6 Å². The van der Waals surface area contributed by atoms with E-state index in [1.165, 1.54) is 11.1 Å². The van der Waals surface area contributed by atoms with Crippen LogP contribution in [0, 0.1) is 0 Å². The molecule has 0 saturated carbocycles. The molecule has 1 fully saturated rings. The number of ether oxygens (including phenoxy) is 1. The van der Waals surface area contributed by atoms with Crippen LogP contribution in [-0.2, 0) is 0 Å². The summed E-state index contributed by atoms with van der Waals surface area (Å²) in [6.07, 6.45) is 3.24. The van der Waals surface area contributed by atoms with Crippen molar-refractivity contribution in [2.75, 3.05) is 39.3 Å². The molecule has 43 heavy (non-hydrogen) atoms. The molecule has 0 aliphatic carbocycles. The topological polar surface area (TPSA) is 62.0 Å². The van der Waals surface area contributed by atoms with E-state index in [4.69, 9.17) is 9.26 Å². The summed E-state index contributed by atoms with van der Waals surface area (Å²) < 4.78 is 11.6. The van der Waals surface area contributed by atoms with E-state index in [0.717, 1.165) is 48.7 Å². The second kappa shape index (κ2) is 14.1. The molecule has 6 nitrogen and oxygen atoms in total. The van der Waals surface area contributed by atoms with Crippen LogP contribution in [0.15, 0.2) is 126 Å². The van der Waals surface area contributed by atoms with Crippen molar-refractivity contribution in [2.24, 2.45) is 0 Å². The van der Waals surface area contributed by atoms with E-state index >= 15 is 0 Å². The van der Waals surface area contributed by atoms with Crippen molar-refractivity contribution in [3.05, 3.63) is 144 Å². The van der Waals surface area contributed by atoms with Gasteiger partial charge in [-0.25, -0.2) is 0 Å². The molecule has 0 radical (unpaired) electrons. The van der Waals surface area contributed by atoms with Crippen molar-refractivity contribution < 1.29 is 14.4 Å². The molecule has 4 aromatic carbocycles. The zero-order chi connectivity index (χ0) is 29.3. The second-order valence-corrected chi connectivity index (χ2v) is 10.9. The fraction of sp³-hybridized carbons (Fsp3) is 0.216. The number of aromatic nitrogens is 1. The van der Waals surface area contributed by atoms with Crippen LogP contribution in [0.2, 0.25) is 0 Å². The van der Waals surface area contributed by atoms with Crippen LogP contribution >= 0.6 is 0 Å². The molecule has 1 atom stereocenters. The lowest BCUT2D eigenvalue weighted by molar-refractivity contribution is 0.0400. The predicted molar refractivity (Wildman–Crippen MR) is 172 cm³/mol. The number of aliphatic hydroxyl groups excluding tert-OH is 1. The van der Waals surface area contributed by atoms with Crippen LogP contribution in [0.1, 0.15) is 28.5 Å². The number of β-amino-alcohol motifs (C(OH)–C–C–N with tert-alkyl or cyclic N) is 1. The lowest BCUT2D eigenvalue weighted by Crippen LogP contribution is -2.50. The monoisotopic (exact) mass is 571 g/mol. The van der Waals surface area contributed by atoms with Crippen molar-refractivity contribution in [3.63, 3.8) is 0 Å². The van der Waals surface area contributed by atoms with E-state index in [-0.39, 0.29) is 12.6 Å². The van der Waals surface area contributed by atoms with E-state index in [1.54, 1.807) is 0 Å². The summed E-state index contributed by atoms with van der Waals surface area (Å²) in [6.45, 7) is 4.46. The molecule has 6 rings (SSSR count). The fourth-order valence-corrected chi connectivity index (χ4v) is 5.66. The zero-order valence-corrected chi connectivity index (χ0v) is 24.2. The fourth-order valence-electron chi connectivity index (χ4n) is 5.66. The van der Waals surface area contributed by atoms with E-state index in [1.807, 2.05) is 72.8 Å². The Kier molecular flexibility index (Phi) is 9.40. The maximum atomic E-state index is 10.9. The Morgan fingerprint density at radius 2 is 1.35 bits per heavy atom. The molecule has 0 amide bonds. The molecule has 1 saturated heterocycles. The summed E-state index contributed by atoms with van der Waals surface area (Å²) in [4.78, 5) is 4.88. The van der Waals surface area contributed by atoms with Gasteiger partial charge in [0.1, 0.15) is 24.2 Å². The summed E-state index contributed by atoms with van der Waals surface area (Å²) in [7, 11) is 0. The first-order valence-corrected chi connectivity index (χ1v) is 14.9. The average Bonchev–Trinajstić information content (AvgIpc) is 3.55. The van der Waals surface area contributed by atoms with Crippen molar-refractivity contribution in [3.8, 4) is 17.0 Å². The third-order valence-electron chi connectivity index (χ3n) is 7.85. The number of hydrogen-bond donors (Lipinski definition) is 1. The van der Waals surface area contributed by atoms with Gasteiger partial charge in [0, 0.05) is 49.9 Å². The molecule has 1 N–H and O–H groups in total. The van der Waals surface area contributed by atoms with Crippen LogP contribution in [-0.4, -0.2) is 65.5 Å². The van der Waals surface area contributed by atoms with Crippen LogP contribution in [0.25, 0.3) is 23.4 Å². The minimum Gasteiger partial charge on any atom is -0.490 e. The van der Waals surface area contributed by atoms with Gasteiger partial charge in [0.2, 0.25) is 0 Å². The quantitative estimate of drug-likeness (QED) is 0.191. The summed E-state index contributed by atoms with van der Waals surface area (Å²) in [6, 6.07) is 41.4. The summed E-state index contributed by atoms with van der Waals surface area (Å²) in [5.74, 6) is 1.38. The summed E-state index contributed by atoms with van der Waals surface area (Å²) in [5.41, 5.74) is 5.34. The van der Waals surface area contributed by atoms with Gasteiger partial charge >= 0.3 is 0 Å². The second-order valence-electron chi connectivity index (χ2n) is 10.9. The van der Waals surface area contributed by atoms with E-state index in [9.17, 15) is 5.11 Å². The Labute approximate surface area is 253 Å². The SMILES string of the molecule is OC(COc1ccccc1/C=C/c1cc(-c2ccccc2)no1)CN1CCN(C(c2ccccc2)c2ccccc2)CC1. The largest absolute Gasteiger partial charge is 0.490 e. The molecule has 1 aromatic heterocycles. The highest BCUT2D eigenvalue weighted by Gasteiger charge is 2.27. The highest BCUT2D eigenvalue weighted by atomic mass is 16.5. The highest BCUT2D eigenvalue weighted by Crippen LogP contribution is 2.29. The minimum atomic E-state index is -0.592.